The van der Waals surface area contributed by atoms with E-state index >= 15 is 0 Å². The van der Waals surface area contributed by atoms with E-state index in [0.717, 1.165) is 25.1 Å². The van der Waals surface area contributed by atoms with Crippen LogP contribution in [0.15, 0.2) is 0 Å². The SMILES string of the molecule is CN(CCCCCO)CC1(CS)CCCC1. The molecular weight excluding hydrogens is 218 g/mol. The second-order valence-electron chi connectivity index (χ2n) is 5.39. The van der Waals surface area contributed by atoms with Crippen molar-refractivity contribution in [3.05, 3.63) is 0 Å². The summed E-state index contributed by atoms with van der Waals surface area (Å²) in [5, 5.41) is 8.72. The Labute approximate surface area is 106 Å². The summed E-state index contributed by atoms with van der Waals surface area (Å²) in [5.74, 6) is 1.04. The van der Waals surface area contributed by atoms with Crippen LogP contribution in [-0.2, 0) is 0 Å². The van der Waals surface area contributed by atoms with E-state index in [2.05, 4.69) is 24.6 Å². The summed E-state index contributed by atoms with van der Waals surface area (Å²) in [6.45, 7) is 2.70. The second kappa shape index (κ2) is 7.57. The minimum absolute atomic E-state index is 0.338. The van der Waals surface area contributed by atoms with Crippen molar-refractivity contribution in [2.75, 3.05) is 32.5 Å². The summed E-state index contributed by atoms with van der Waals surface area (Å²) < 4.78 is 0. The van der Waals surface area contributed by atoms with Crippen molar-refractivity contribution in [1.29, 1.82) is 0 Å². The van der Waals surface area contributed by atoms with E-state index in [1.807, 2.05) is 0 Å². The van der Waals surface area contributed by atoms with Crippen molar-refractivity contribution in [3.8, 4) is 0 Å². The van der Waals surface area contributed by atoms with Gasteiger partial charge in [0.2, 0.25) is 0 Å². The largest absolute Gasteiger partial charge is 0.396 e. The zero-order chi connectivity index (χ0) is 11.9. The molecule has 1 N–H and O–H groups in total. The van der Waals surface area contributed by atoms with Crippen LogP contribution in [0, 0.1) is 5.41 Å². The number of aliphatic hydroxyl groups excluding tert-OH is 1. The molecule has 0 aliphatic heterocycles. The summed E-state index contributed by atoms with van der Waals surface area (Å²) in [6.07, 6.45) is 8.80. The topological polar surface area (TPSA) is 23.5 Å². The van der Waals surface area contributed by atoms with Crippen molar-refractivity contribution in [1.82, 2.24) is 4.90 Å². The molecule has 16 heavy (non-hydrogen) atoms. The molecule has 0 unspecified atom stereocenters. The summed E-state index contributed by atoms with van der Waals surface area (Å²) in [4.78, 5) is 2.46. The van der Waals surface area contributed by atoms with Gasteiger partial charge in [0.25, 0.3) is 0 Å². The first kappa shape index (κ1) is 14.3. The van der Waals surface area contributed by atoms with Gasteiger partial charge in [0.05, 0.1) is 0 Å². The molecule has 96 valence electrons. The molecule has 1 fully saturated rings. The van der Waals surface area contributed by atoms with Gasteiger partial charge < -0.3 is 10.0 Å². The summed E-state index contributed by atoms with van der Waals surface area (Å²) in [5.41, 5.74) is 0.495. The Hall–Kier alpha value is 0.270. The number of nitrogens with zero attached hydrogens (tertiary/aromatic N) is 1. The molecule has 0 atom stereocenters. The molecule has 0 bridgehead atoms. The molecular formula is C13H27NOS. The molecule has 0 heterocycles. The monoisotopic (exact) mass is 245 g/mol. The highest BCUT2D eigenvalue weighted by Crippen LogP contribution is 2.39. The predicted molar refractivity (Wildman–Crippen MR) is 73.2 cm³/mol. The molecule has 1 aliphatic carbocycles. The fraction of sp³-hybridized carbons (Fsp3) is 1.00. The number of rotatable bonds is 8. The lowest BCUT2D eigenvalue weighted by Gasteiger charge is -2.32. The average Bonchev–Trinajstić information content (AvgIpc) is 2.74. The van der Waals surface area contributed by atoms with Gasteiger partial charge in [0.15, 0.2) is 0 Å². The lowest BCUT2D eigenvalue weighted by molar-refractivity contribution is 0.196. The van der Waals surface area contributed by atoms with E-state index in [-0.39, 0.29) is 0 Å². The second-order valence-corrected chi connectivity index (χ2v) is 5.70. The van der Waals surface area contributed by atoms with E-state index in [4.69, 9.17) is 5.11 Å². The molecule has 0 aromatic carbocycles. The molecule has 1 aliphatic rings. The number of hydrogen-bond acceptors (Lipinski definition) is 3. The fourth-order valence-electron chi connectivity index (χ4n) is 2.81. The average molecular weight is 245 g/mol. The van der Waals surface area contributed by atoms with Crippen LogP contribution < -0.4 is 0 Å². The van der Waals surface area contributed by atoms with Gasteiger partial charge in [-0.15, -0.1) is 0 Å². The van der Waals surface area contributed by atoms with Crippen LogP contribution in [0.25, 0.3) is 0 Å². The quantitative estimate of drug-likeness (QED) is 0.507. The molecule has 0 spiro atoms. The van der Waals surface area contributed by atoms with Gasteiger partial charge >= 0.3 is 0 Å². The predicted octanol–water partition coefficient (Wildman–Crippen LogP) is 2.57. The van der Waals surface area contributed by atoms with Gasteiger partial charge in [-0.05, 0) is 56.9 Å². The van der Waals surface area contributed by atoms with Crippen molar-refractivity contribution in [2.45, 2.75) is 44.9 Å². The Kier molecular flexibility index (Phi) is 6.78. The zero-order valence-corrected chi connectivity index (χ0v) is 11.5. The Morgan fingerprint density at radius 1 is 1.19 bits per heavy atom. The zero-order valence-electron chi connectivity index (χ0n) is 10.6. The van der Waals surface area contributed by atoms with Crippen molar-refractivity contribution in [3.63, 3.8) is 0 Å². The standard InChI is InChI=1S/C13H27NOS/c1-14(9-5-2-6-10-15)11-13(12-16)7-3-4-8-13/h15-16H,2-12H2,1H3. The number of thiol groups is 1. The maximum atomic E-state index is 8.72. The van der Waals surface area contributed by atoms with Gasteiger partial charge in [0, 0.05) is 13.2 Å². The molecule has 0 aromatic heterocycles. The summed E-state index contributed by atoms with van der Waals surface area (Å²) in [7, 11) is 2.22. The maximum Gasteiger partial charge on any atom is 0.0431 e. The first-order valence-electron chi connectivity index (χ1n) is 6.63. The van der Waals surface area contributed by atoms with Crippen molar-refractivity contribution < 1.29 is 5.11 Å². The summed E-state index contributed by atoms with van der Waals surface area (Å²) >= 11 is 4.54. The van der Waals surface area contributed by atoms with Crippen LogP contribution >= 0.6 is 12.6 Å². The molecule has 1 rings (SSSR count). The van der Waals surface area contributed by atoms with Crippen LogP contribution in [0.1, 0.15) is 44.9 Å². The van der Waals surface area contributed by atoms with Crippen LogP contribution in [0.4, 0.5) is 0 Å². The molecule has 3 heteroatoms. The van der Waals surface area contributed by atoms with Crippen LogP contribution in [0.5, 0.6) is 0 Å². The third-order valence-electron chi connectivity index (χ3n) is 3.80. The van der Waals surface area contributed by atoms with E-state index in [0.29, 0.717) is 12.0 Å². The number of hydrogen-bond donors (Lipinski definition) is 2. The Morgan fingerprint density at radius 2 is 1.88 bits per heavy atom. The molecule has 0 saturated heterocycles. The van der Waals surface area contributed by atoms with E-state index in [1.165, 1.54) is 38.6 Å². The lowest BCUT2D eigenvalue weighted by Crippen LogP contribution is -2.35. The number of aliphatic hydroxyl groups is 1. The first-order chi connectivity index (χ1) is 7.72. The minimum atomic E-state index is 0.338. The highest BCUT2D eigenvalue weighted by atomic mass is 32.1. The third-order valence-corrected chi connectivity index (χ3v) is 4.47. The van der Waals surface area contributed by atoms with Gasteiger partial charge in [-0.3, -0.25) is 0 Å². The molecule has 0 radical (unpaired) electrons. The molecule has 0 aromatic rings. The Bertz CT molecular complexity index is 181. The summed E-state index contributed by atoms with van der Waals surface area (Å²) in [6, 6.07) is 0. The van der Waals surface area contributed by atoms with Crippen LogP contribution in [-0.4, -0.2) is 42.5 Å². The van der Waals surface area contributed by atoms with Gasteiger partial charge in [-0.2, -0.15) is 12.6 Å². The minimum Gasteiger partial charge on any atom is -0.396 e. The number of unbranched alkanes of at least 4 members (excludes halogenated alkanes) is 2. The lowest BCUT2D eigenvalue weighted by atomic mass is 9.88. The Balaban J connectivity index is 2.18. The highest BCUT2D eigenvalue weighted by Gasteiger charge is 2.33. The fourth-order valence-corrected chi connectivity index (χ4v) is 3.23. The molecule has 1 saturated carbocycles. The molecule has 2 nitrogen and oxygen atoms in total. The van der Waals surface area contributed by atoms with E-state index in [1.54, 1.807) is 0 Å². The van der Waals surface area contributed by atoms with Gasteiger partial charge in [-0.25, -0.2) is 0 Å². The van der Waals surface area contributed by atoms with E-state index in [9.17, 15) is 0 Å². The first-order valence-corrected chi connectivity index (χ1v) is 7.26. The van der Waals surface area contributed by atoms with Gasteiger partial charge in [-0.1, -0.05) is 12.8 Å². The third kappa shape index (κ3) is 4.64. The Morgan fingerprint density at radius 3 is 2.44 bits per heavy atom. The van der Waals surface area contributed by atoms with Crippen LogP contribution in [0.3, 0.4) is 0 Å². The van der Waals surface area contributed by atoms with Gasteiger partial charge in [0.1, 0.15) is 0 Å². The van der Waals surface area contributed by atoms with Crippen molar-refractivity contribution in [2.24, 2.45) is 5.41 Å². The smallest absolute Gasteiger partial charge is 0.0431 e. The van der Waals surface area contributed by atoms with Crippen molar-refractivity contribution >= 4 is 12.6 Å². The highest BCUT2D eigenvalue weighted by molar-refractivity contribution is 7.80. The maximum absolute atomic E-state index is 8.72. The normalized spacial score (nSPS) is 19.5. The van der Waals surface area contributed by atoms with Crippen LogP contribution in [0.2, 0.25) is 0 Å². The van der Waals surface area contributed by atoms with E-state index < -0.39 is 0 Å². The molecule has 0 amide bonds.